The van der Waals surface area contributed by atoms with Crippen LogP contribution in [0.4, 0.5) is 5.69 Å². The molecule has 0 fully saturated rings. The molecule has 0 aliphatic heterocycles. The number of carbonyl (C=O) groups is 1. The van der Waals surface area contributed by atoms with Crippen molar-refractivity contribution in [3.05, 3.63) is 58.8 Å². The van der Waals surface area contributed by atoms with E-state index in [1.54, 1.807) is 19.3 Å². The molecule has 0 spiro atoms. The van der Waals surface area contributed by atoms with E-state index in [4.69, 9.17) is 4.42 Å². The number of aryl methyl sites for hydroxylation is 1. The van der Waals surface area contributed by atoms with Crippen LogP contribution in [0, 0.1) is 6.92 Å². The van der Waals surface area contributed by atoms with Crippen molar-refractivity contribution in [1.29, 1.82) is 0 Å². The Labute approximate surface area is 120 Å². The molecule has 0 unspecified atom stereocenters. The molecular formula is C15H12N2O2S. The van der Waals surface area contributed by atoms with Gasteiger partial charge in [0.25, 0.3) is 5.91 Å². The zero-order chi connectivity index (χ0) is 13.9. The second-order valence-corrected chi connectivity index (χ2v) is 5.08. The number of nitrogens with zero attached hydrogens (tertiary/aromatic N) is 1. The molecule has 0 saturated heterocycles. The van der Waals surface area contributed by atoms with Gasteiger partial charge in [-0.15, -0.1) is 0 Å². The van der Waals surface area contributed by atoms with Gasteiger partial charge >= 0.3 is 0 Å². The summed E-state index contributed by atoms with van der Waals surface area (Å²) in [7, 11) is 0. The summed E-state index contributed by atoms with van der Waals surface area (Å²) < 4.78 is 5.18. The maximum atomic E-state index is 11.9. The second-order valence-electron chi connectivity index (χ2n) is 4.30. The monoisotopic (exact) mass is 284 g/mol. The second kappa shape index (κ2) is 5.30. The SMILES string of the molecule is Cc1nc(-c2ccc(NC(=O)c3ccsc3)cc2)co1. The highest BCUT2D eigenvalue weighted by Crippen LogP contribution is 2.21. The highest BCUT2D eigenvalue weighted by Gasteiger charge is 2.07. The molecule has 1 amide bonds. The topological polar surface area (TPSA) is 55.1 Å². The van der Waals surface area contributed by atoms with Gasteiger partial charge in [-0.2, -0.15) is 11.3 Å². The summed E-state index contributed by atoms with van der Waals surface area (Å²) in [6.45, 7) is 1.80. The molecule has 100 valence electrons. The van der Waals surface area contributed by atoms with Crippen molar-refractivity contribution in [2.75, 3.05) is 5.32 Å². The average molecular weight is 284 g/mol. The molecule has 1 aromatic carbocycles. The van der Waals surface area contributed by atoms with E-state index in [2.05, 4.69) is 10.3 Å². The smallest absolute Gasteiger partial charge is 0.256 e. The third kappa shape index (κ3) is 2.62. The number of benzene rings is 1. The number of aromatic nitrogens is 1. The lowest BCUT2D eigenvalue weighted by Crippen LogP contribution is -2.10. The van der Waals surface area contributed by atoms with E-state index < -0.39 is 0 Å². The van der Waals surface area contributed by atoms with Gasteiger partial charge in [0, 0.05) is 23.6 Å². The molecule has 4 nitrogen and oxygen atoms in total. The highest BCUT2D eigenvalue weighted by molar-refractivity contribution is 7.08. The maximum absolute atomic E-state index is 11.9. The number of thiophene rings is 1. The summed E-state index contributed by atoms with van der Waals surface area (Å²) >= 11 is 1.50. The minimum Gasteiger partial charge on any atom is -0.449 e. The lowest BCUT2D eigenvalue weighted by molar-refractivity contribution is 0.102. The Balaban J connectivity index is 1.75. The number of oxazole rings is 1. The molecule has 0 atom stereocenters. The Morgan fingerprint density at radius 2 is 2.05 bits per heavy atom. The van der Waals surface area contributed by atoms with E-state index in [0.29, 0.717) is 11.5 Å². The van der Waals surface area contributed by atoms with Crippen LogP contribution in [0.2, 0.25) is 0 Å². The van der Waals surface area contributed by atoms with Gasteiger partial charge in [0.2, 0.25) is 0 Å². The normalized spacial score (nSPS) is 10.4. The van der Waals surface area contributed by atoms with Gasteiger partial charge in [-0.05, 0) is 23.6 Å². The van der Waals surface area contributed by atoms with Crippen molar-refractivity contribution < 1.29 is 9.21 Å². The number of carbonyl (C=O) groups excluding carboxylic acids is 1. The summed E-state index contributed by atoms with van der Waals surface area (Å²) in [5.74, 6) is 0.533. The Bertz CT molecular complexity index is 715. The van der Waals surface area contributed by atoms with Crippen LogP contribution in [0.1, 0.15) is 16.2 Å². The molecule has 0 bridgehead atoms. The molecule has 5 heteroatoms. The van der Waals surface area contributed by atoms with E-state index in [-0.39, 0.29) is 5.91 Å². The Hall–Kier alpha value is -2.40. The van der Waals surface area contributed by atoms with Crippen LogP contribution in [-0.4, -0.2) is 10.9 Å². The standard InChI is InChI=1S/C15H12N2O2S/c1-10-16-14(8-19-10)11-2-4-13(5-3-11)17-15(18)12-6-7-20-9-12/h2-9H,1H3,(H,17,18). The van der Waals surface area contributed by atoms with Crippen molar-refractivity contribution >= 4 is 22.9 Å². The van der Waals surface area contributed by atoms with Gasteiger partial charge < -0.3 is 9.73 Å². The Morgan fingerprint density at radius 1 is 1.25 bits per heavy atom. The zero-order valence-electron chi connectivity index (χ0n) is 10.8. The number of rotatable bonds is 3. The van der Waals surface area contributed by atoms with E-state index in [1.807, 2.05) is 35.0 Å². The fraction of sp³-hybridized carbons (Fsp3) is 0.0667. The van der Waals surface area contributed by atoms with Crippen LogP contribution >= 0.6 is 11.3 Å². The lowest BCUT2D eigenvalue weighted by atomic mass is 10.1. The molecule has 0 saturated carbocycles. The molecule has 3 rings (SSSR count). The van der Waals surface area contributed by atoms with Gasteiger partial charge in [0.15, 0.2) is 5.89 Å². The van der Waals surface area contributed by atoms with Crippen molar-refractivity contribution in [1.82, 2.24) is 4.98 Å². The van der Waals surface area contributed by atoms with Gasteiger partial charge in [-0.1, -0.05) is 12.1 Å². The first-order chi connectivity index (χ1) is 9.72. The van der Waals surface area contributed by atoms with E-state index in [0.717, 1.165) is 16.9 Å². The first-order valence-corrected chi connectivity index (χ1v) is 7.03. The van der Waals surface area contributed by atoms with Gasteiger partial charge in [-0.3, -0.25) is 4.79 Å². The molecule has 2 heterocycles. The summed E-state index contributed by atoms with van der Waals surface area (Å²) in [6, 6.07) is 9.31. The molecular weight excluding hydrogens is 272 g/mol. The Morgan fingerprint density at radius 3 is 2.65 bits per heavy atom. The number of anilines is 1. The first-order valence-electron chi connectivity index (χ1n) is 6.08. The summed E-state index contributed by atoms with van der Waals surface area (Å²) in [6.07, 6.45) is 1.62. The highest BCUT2D eigenvalue weighted by atomic mass is 32.1. The first kappa shape index (κ1) is 12.6. The summed E-state index contributed by atoms with van der Waals surface area (Å²) in [4.78, 5) is 16.2. The number of amides is 1. The third-order valence-corrected chi connectivity index (χ3v) is 3.52. The number of hydrogen-bond acceptors (Lipinski definition) is 4. The quantitative estimate of drug-likeness (QED) is 0.792. The lowest BCUT2D eigenvalue weighted by Gasteiger charge is -2.04. The number of nitrogens with one attached hydrogen (secondary N) is 1. The van der Waals surface area contributed by atoms with Crippen molar-refractivity contribution in [2.45, 2.75) is 6.92 Å². The van der Waals surface area contributed by atoms with Crippen LogP contribution in [0.15, 0.2) is 51.8 Å². The molecule has 2 aromatic heterocycles. The van der Waals surface area contributed by atoms with E-state index in [9.17, 15) is 4.79 Å². The fourth-order valence-electron chi connectivity index (χ4n) is 1.82. The predicted molar refractivity (Wildman–Crippen MR) is 78.9 cm³/mol. The molecule has 0 aliphatic carbocycles. The van der Waals surface area contributed by atoms with Gasteiger partial charge in [-0.25, -0.2) is 4.98 Å². The van der Waals surface area contributed by atoms with Crippen LogP contribution in [0.5, 0.6) is 0 Å². The Kier molecular flexibility index (Phi) is 3.35. The third-order valence-electron chi connectivity index (χ3n) is 2.84. The summed E-state index contributed by atoms with van der Waals surface area (Å²) in [5, 5.41) is 6.55. The average Bonchev–Trinajstić information content (AvgIpc) is 3.10. The number of hydrogen-bond donors (Lipinski definition) is 1. The van der Waals surface area contributed by atoms with Gasteiger partial charge in [0.1, 0.15) is 12.0 Å². The van der Waals surface area contributed by atoms with Crippen LogP contribution in [0.25, 0.3) is 11.3 Å². The van der Waals surface area contributed by atoms with E-state index in [1.165, 1.54) is 11.3 Å². The van der Waals surface area contributed by atoms with Crippen LogP contribution in [0.3, 0.4) is 0 Å². The predicted octanol–water partition coefficient (Wildman–Crippen LogP) is 3.96. The molecule has 20 heavy (non-hydrogen) atoms. The molecule has 3 aromatic rings. The fourth-order valence-corrected chi connectivity index (χ4v) is 2.45. The maximum Gasteiger partial charge on any atom is 0.256 e. The molecule has 0 aliphatic rings. The van der Waals surface area contributed by atoms with Crippen LogP contribution < -0.4 is 5.32 Å². The minimum atomic E-state index is -0.101. The minimum absolute atomic E-state index is 0.101. The van der Waals surface area contributed by atoms with Crippen molar-refractivity contribution in [3.8, 4) is 11.3 Å². The van der Waals surface area contributed by atoms with Crippen LogP contribution in [-0.2, 0) is 0 Å². The molecule has 0 radical (unpaired) electrons. The molecule has 1 N–H and O–H groups in total. The summed E-state index contributed by atoms with van der Waals surface area (Å²) in [5.41, 5.74) is 3.17. The van der Waals surface area contributed by atoms with Crippen molar-refractivity contribution in [2.24, 2.45) is 0 Å². The van der Waals surface area contributed by atoms with E-state index >= 15 is 0 Å². The largest absolute Gasteiger partial charge is 0.449 e. The van der Waals surface area contributed by atoms with Crippen molar-refractivity contribution in [3.63, 3.8) is 0 Å². The van der Waals surface area contributed by atoms with Gasteiger partial charge in [0.05, 0.1) is 5.56 Å². The zero-order valence-corrected chi connectivity index (χ0v) is 11.6.